The van der Waals surface area contributed by atoms with Crippen molar-refractivity contribution in [3.05, 3.63) is 12.7 Å². The maximum Gasteiger partial charge on any atom is 0.00176 e. The highest BCUT2D eigenvalue weighted by atomic mass is 127. The molecule has 0 amide bonds. The largest absolute Gasteiger partial charge is 0.115 e. The lowest BCUT2D eigenvalue weighted by Crippen LogP contribution is -2.14. The lowest BCUT2D eigenvalue weighted by molar-refractivity contribution is 0.559. The molecule has 0 heterocycles. The summed E-state index contributed by atoms with van der Waals surface area (Å²) in [6.07, 6.45) is 2.06. The van der Waals surface area contributed by atoms with Gasteiger partial charge < -0.3 is 0 Å². The van der Waals surface area contributed by atoms with Crippen molar-refractivity contribution in [3.8, 4) is 0 Å². The molecule has 0 aliphatic carbocycles. The summed E-state index contributed by atoms with van der Waals surface area (Å²) in [4.78, 5) is 0. The van der Waals surface area contributed by atoms with Crippen LogP contribution in [0.1, 0.15) is 13.8 Å². The Morgan fingerprint density at radius 3 is 1.73 bits per heavy atom. The normalized spacial score (nSPS) is 17.1. The van der Waals surface area contributed by atoms with Crippen molar-refractivity contribution in [2.75, 3.05) is 5.75 Å². The highest BCUT2D eigenvalue weighted by Crippen LogP contribution is 2.96. The second-order valence-electron chi connectivity index (χ2n) is 3.21. The van der Waals surface area contributed by atoms with Gasteiger partial charge in [0.15, 0.2) is 0 Å². The summed E-state index contributed by atoms with van der Waals surface area (Å²) >= 11 is 10.4. The second kappa shape index (κ2) is 4.25. The first-order valence-electron chi connectivity index (χ1n) is 3.04. The van der Waals surface area contributed by atoms with Crippen LogP contribution in [0.3, 0.4) is 0 Å². The molecule has 11 heavy (non-hydrogen) atoms. The molecular weight excluding hydrogens is 612 g/mol. The maximum atomic E-state index is 3.86. The highest BCUT2D eigenvalue weighted by Gasteiger charge is 2.33. The van der Waals surface area contributed by atoms with Crippen molar-refractivity contribution < 1.29 is 0 Å². The van der Waals surface area contributed by atoms with Gasteiger partial charge in [-0.1, -0.05) is 19.9 Å². The summed E-state index contributed by atoms with van der Waals surface area (Å²) in [5, 5.41) is 0. The van der Waals surface area contributed by atoms with Gasteiger partial charge in [0.05, 0.1) is 0 Å². The van der Waals surface area contributed by atoms with Crippen LogP contribution < -0.4 is 0 Å². The van der Waals surface area contributed by atoms with Crippen LogP contribution in [0, 0.1) is 5.41 Å². The topological polar surface area (TPSA) is 0 Å². The van der Waals surface area contributed by atoms with E-state index in [9.17, 15) is 0 Å². The van der Waals surface area contributed by atoms with Crippen LogP contribution >= 0.6 is 82.7 Å². The predicted molar refractivity (Wildman–Crippen MR) is 93.9 cm³/mol. The lowest BCUT2D eigenvalue weighted by Gasteiger charge is -2.43. The Bertz CT molecular complexity index is 158. The molecule has 0 fully saturated rings. The minimum Gasteiger partial charge on any atom is -0.115 e. The molecule has 0 unspecified atom stereocenters. The van der Waals surface area contributed by atoms with Gasteiger partial charge in [-0.05, 0) is 90.2 Å². The van der Waals surface area contributed by atoms with Crippen molar-refractivity contribution in [2.45, 2.75) is 13.8 Å². The monoisotopic (exact) mass is 624 g/mol. The molecule has 0 atom stereocenters. The summed E-state index contributed by atoms with van der Waals surface area (Å²) in [5.41, 5.74) is 0.280. The molecule has 0 aromatic rings. The molecule has 0 saturated carbocycles. The summed E-state index contributed by atoms with van der Waals surface area (Å²) in [5.74, 6) is 1.24. The Balaban J connectivity index is 4.39. The Morgan fingerprint density at radius 2 is 1.64 bits per heavy atom. The summed E-state index contributed by atoms with van der Waals surface area (Å²) in [7, 11) is 0. The van der Waals surface area contributed by atoms with E-state index in [1.807, 2.05) is 0 Å². The van der Waals surface area contributed by atoms with E-state index in [1.54, 1.807) is 0 Å². The van der Waals surface area contributed by atoms with Crippen LogP contribution in [0.4, 0.5) is 0 Å². The Labute approximate surface area is 118 Å². The molecule has 0 bridgehead atoms. The van der Waals surface area contributed by atoms with Gasteiger partial charge in [-0.25, -0.2) is 0 Å². The summed E-state index contributed by atoms with van der Waals surface area (Å²) in [6, 6.07) is 0. The van der Waals surface area contributed by atoms with E-state index < -0.39 is -2.15 Å². The SMILES string of the molecule is C=CC(C)(C)C[SH](I)(I)(I)I. The van der Waals surface area contributed by atoms with E-state index in [0.717, 1.165) is 0 Å². The van der Waals surface area contributed by atoms with Gasteiger partial charge in [0.2, 0.25) is 0 Å². The minimum atomic E-state index is -1.46. The van der Waals surface area contributed by atoms with Crippen molar-refractivity contribution >= 4 is 82.7 Å². The molecule has 0 radical (unpaired) electrons. The average molecular weight is 624 g/mol. The third-order valence-electron chi connectivity index (χ3n) is 1.20. The van der Waals surface area contributed by atoms with Gasteiger partial charge in [0.25, 0.3) is 0 Å². The smallest absolute Gasteiger partial charge is 0.00176 e. The zero-order chi connectivity index (χ0) is 9.36. The standard InChI is InChI=1S/C6H12I4S/c1-4-6(2,3)5-11(7,8,9)10/h4,11H,1,5H2,2-3H3. The molecule has 0 spiro atoms. The molecule has 0 saturated heterocycles. The van der Waals surface area contributed by atoms with Crippen LogP contribution in [0.25, 0.3) is 0 Å². The zero-order valence-corrected chi connectivity index (χ0v) is 16.0. The number of halogens is 4. The van der Waals surface area contributed by atoms with Crippen molar-refractivity contribution in [2.24, 2.45) is 5.41 Å². The average Bonchev–Trinajstić information content (AvgIpc) is 1.57. The van der Waals surface area contributed by atoms with Crippen molar-refractivity contribution in [1.82, 2.24) is 0 Å². The Kier molecular flexibility index (Phi) is 5.41. The molecule has 5 heteroatoms. The number of hydrogen-bond donors (Lipinski definition) is 1. The summed E-state index contributed by atoms with van der Waals surface area (Å²) in [6.45, 7) is 8.35. The zero-order valence-electron chi connectivity index (χ0n) is 6.45. The molecule has 0 aromatic carbocycles. The van der Waals surface area contributed by atoms with Gasteiger partial charge in [0, 0.05) is 5.75 Å². The molecule has 0 nitrogen and oxygen atoms in total. The Hall–Kier alpha value is 3.01. The molecular formula is C6H12I4S. The van der Waals surface area contributed by atoms with Crippen LogP contribution in [-0.4, -0.2) is 5.75 Å². The van der Waals surface area contributed by atoms with Gasteiger partial charge in [-0.3, -0.25) is 0 Å². The fourth-order valence-corrected chi connectivity index (χ4v) is 12.6. The molecule has 0 rings (SSSR count). The van der Waals surface area contributed by atoms with E-state index in [2.05, 4.69) is 111 Å². The number of rotatable bonds is 3. The van der Waals surface area contributed by atoms with Gasteiger partial charge in [0.1, 0.15) is 0 Å². The third kappa shape index (κ3) is 9.32. The molecule has 0 aliphatic heterocycles. The molecule has 0 aliphatic rings. The molecule has 0 aromatic heterocycles. The van der Waals surface area contributed by atoms with E-state index >= 15 is 0 Å². The minimum absolute atomic E-state index is 0.280. The van der Waals surface area contributed by atoms with Gasteiger partial charge in [-0.15, -0.1) is 4.43 Å². The fourth-order valence-electron chi connectivity index (χ4n) is 0.681. The summed E-state index contributed by atoms with van der Waals surface area (Å²) < 4.78 is -1.46. The van der Waals surface area contributed by atoms with Gasteiger partial charge >= 0.3 is 0 Å². The first-order chi connectivity index (χ1) is 4.52. The maximum absolute atomic E-state index is 3.86. The molecule has 0 N–H and O–H groups in total. The fraction of sp³-hybridized carbons (Fsp3) is 0.667. The van der Waals surface area contributed by atoms with Crippen molar-refractivity contribution in [3.63, 3.8) is 0 Å². The quantitative estimate of drug-likeness (QED) is 0.234. The third-order valence-corrected chi connectivity index (χ3v) is 6.59. The number of hydrogen-bond acceptors (Lipinski definition) is 0. The van der Waals surface area contributed by atoms with Gasteiger partial charge in [-0.2, -0.15) is 0 Å². The predicted octanol–water partition coefficient (Wildman–Crippen LogP) is 5.67. The molecule has 70 valence electrons. The number of allylic oxidation sites excluding steroid dienone is 1. The van der Waals surface area contributed by atoms with E-state index in [0.29, 0.717) is 0 Å². The first-order valence-corrected chi connectivity index (χ1v) is 16.6. The van der Waals surface area contributed by atoms with E-state index in [4.69, 9.17) is 0 Å². The van der Waals surface area contributed by atoms with E-state index in [1.165, 1.54) is 5.75 Å². The van der Waals surface area contributed by atoms with Crippen LogP contribution in [0.15, 0.2) is 12.7 Å². The van der Waals surface area contributed by atoms with Crippen molar-refractivity contribution in [1.29, 1.82) is 0 Å². The Morgan fingerprint density at radius 1 is 1.27 bits per heavy atom. The van der Waals surface area contributed by atoms with Crippen LogP contribution in [0.5, 0.6) is 0 Å². The second-order valence-corrected chi connectivity index (χ2v) is 64.0. The van der Waals surface area contributed by atoms with Crippen LogP contribution in [0.2, 0.25) is 0 Å². The first kappa shape index (κ1) is 14.0. The number of thiol groups is 1. The lowest BCUT2D eigenvalue weighted by atomic mass is 9.97. The van der Waals surface area contributed by atoms with Crippen LogP contribution in [-0.2, 0) is 0 Å². The van der Waals surface area contributed by atoms with E-state index in [-0.39, 0.29) is 5.41 Å². The highest BCUT2D eigenvalue weighted by molar-refractivity contribution is 14.6.